The first kappa shape index (κ1) is 14.7. The summed E-state index contributed by atoms with van der Waals surface area (Å²) in [6.07, 6.45) is -2.25. The fourth-order valence-corrected chi connectivity index (χ4v) is 2.24. The summed E-state index contributed by atoms with van der Waals surface area (Å²) in [6.45, 7) is 0. The predicted octanol–water partition coefficient (Wildman–Crippen LogP) is 4.55. The smallest absolute Gasteiger partial charge is 0.324 e. The maximum absolute atomic E-state index is 12.5. The Labute approximate surface area is 131 Å². The van der Waals surface area contributed by atoms with E-state index in [1.165, 1.54) is 12.4 Å². The lowest BCUT2D eigenvalue weighted by Crippen LogP contribution is -2.06. The lowest BCUT2D eigenvalue weighted by molar-refractivity contribution is -0.137. The standard InChI is InChI=1S/C14H8BrF3N4/c15-9-2-3-10-11(5-9)20-7-21-13(10)22-12-4-1-8(6-19-12)14(16,17)18/h1-7H,(H,19,20,21,22). The zero-order chi connectivity index (χ0) is 15.7. The van der Waals surface area contributed by atoms with Gasteiger partial charge in [-0.15, -0.1) is 0 Å². The van der Waals surface area contributed by atoms with Gasteiger partial charge in [0.05, 0.1) is 11.1 Å². The van der Waals surface area contributed by atoms with Crippen LogP contribution in [0.3, 0.4) is 0 Å². The maximum atomic E-state index is 12.5. The highest BCUT2D eigenvalue weighted by Gasteiger charge is 2.30. The molecule has 0 saturated heterocycles. The van der Waals surface area contributed by atoms with E-state index >= 15 is 0 Å². The van der Waals surface area contributed by atoms with Crippen molar-refractivity contribution < 1.29 is 13.2 Å². The lowest BCUT2D eigenvalue weighted by Gasteiger charge is -2.09. The molecule has 0 aliphatic carbocycles. The Morgan fingerprint density at radius 1 is 1.00 bits per heavy atom. The first-order valence-corrected chi connectivity index (χ1v) is 6.93. The maximum Gasteiger partial charge on any atom is 0.417 e. The number of halogens is 4. The molecule has 4 nitrogen and oxygen atoms in total. The van der Waals surface area contributed by atoms with Crippen molar-refractivity contribution in [2.75, 3.05) is 5.32 Å². The van der Waals surface area contributed by atoms with E-state index < -0.39 is 11.7 Å². The van der Waals surface area contributed by atoms with E-state index in [4.69, 9.17) is 0 Å². The van der Waals surface area contributed by atoms with E-state index in [0.717, 1.165) is 22.1 Å². The van der Waals surface area contributed by atoms with Crippen LogP contribution in [0.2, 0.25) is 0 Å². The molecule has 0 amide bonds. The summed E-state index contributed by atoms with van der Waals surface area (Å²) in [5.41, 5.74) is -0.0895. The number of hydrogen-bond acceptors (Lipinski definition) is 4. The average Bonchev–Trinajstić information content (AvgIpc) is 2.47. The number of alkyl halides is 3. The van der Waals surface area contributed by atoms with Gasteiger partial charge in [0.25, 0.3) is 0 Å². The molecule has 1 aromatic carbocycles. The molecular weight excluding hydrogens is 361 g/mol. The second-order valence-corrected chi connectivity index (χ2v) is 5.35. The molecule has 0 unspecified atom stereocenters. The van der Waals surface area contributed by atoms with Gasteiger partial charge in [-0.25, -0.2) is 15.0 Å². The quantitative estimate of drug-likeness (QED) is 0.720. The third-order valence-corrected chi connectivity index (χ3v) is 3.43. The summed E-state index contributed by atoms with van der Waals surface area (Å²) < 4.78 is 38.4. The molecule has 0 bridgehead atoms. The van der Waals surface area contributed by atoms with Crippen LogP contribution in [0, 0.1) is 0 Å². The second-order valence-electron chi connectivity index (χ2n) is 4.44. The Bertz CT molecular complexity index is 818. The summed E-state index contributed by atoms with van der Waals surface area (Å²) in [5.74, 6) is 0.751. The summed E-state index contributed by atoms with van der Waals surface area (Å²) in [4.78, 5) is 12.0. The molecule has 22 heavy (non-hydrogen) atoms. The summed E-state index contributed by atoms with van der Waals surface area (Å²) in [5, 5.41) is 3.64. The highest BCUT2D eigenvalue weighted by Crippen LogP contribution is 2.30. The normalized spacial score (nSPS) is 11.6. The third kappa shape index (κ3) is 3.01. The fraction of sp³-hybridized carbons (Fsp3) is 0.0714. The molecule has 0 fully saturated rings. The molecule has 2 heterocycles. The number of fused-ring (bicyclic) bond motifs is 1. The Morgan fingerprint density at radius 3 is 2.50 bits per heavy atom. The van der Waals surface area contributed by atoms with Crippen molar-refractivity contribution in [3.63, 3.8) is 0 Å². The minimum absolute atomic E-state index is 0.274. The number of pyridine rings is 1. The van der Waals surface area contributed by atoms with Crippen molar-refractivity contribution in [2.24, 2.45) is 0 Å². The van der Waals surface area contributed by atoms with Crippen molar-refractivity contribution in [3.8, 4) is 0 Å². The van der Waals surface area contributed by atoms with Crippen LogP contribution in [0.5, 0.6) is 0 Å². The lowest BCUT2D eigenvalue weighted by atomic mass is 10.2. The zero-order valence-electron chi connectivity index (χ0n) is 10.9. The van der Waals surface area contributed by atoms with Gasteiger partial charge in [-0.2, -0.15) is 13.2 Å². The molecule has 0 radical (unpaired) electrons. The van der Waals surface area contributed by atoms with Crippen LogP contribution in [0.25, 0.3) is 10.9 Å². The highest BCUT2D eigenvalue weighted by molar-refractivity contribution is 9.10. The molecule has 0 saturated carbocycles. The van der Waals surface area contributed by atoms with E-state index in [2.05, 4.69) is 36.2 Å². The van der Waals surface area contributed by atoms with Gasteiger partial charge in [0.1, 0.15) is 18.0 Å². The van der Waals surface area contributed by atoms with E-state index in [1.54, 1.807) is 0 Å². The first-order valence-electron chi connectivity index (χ1n) is 6.14. The molecule has 0 atom stereocenters. The number of rotatable bonds is 2. The Morgan fingerprint density at radius 2 is 1.82 bits per heavy atom. The van der Waals surface area contributed by atoms with Crippen LogP contribution in [-0.4, -0.2) is 15.0 Å². The molecule has 8 heteroatoms. The van der Waals surface area contributed by atoms with Crippen molar-refractivity contribution in [1.82, 2.24) is 15.0 Å². The van der Waals surface area contributed by atoms with Crippen LogP contribution in [-0.2, 0) is 6.18 Å². The Kier molecular flexibility index (Phi) is 3.69. The summed E-state index contributed by atoms with van der Waals surface area (Å²) in [6, 6.07) is 7.69. The molecule has 0 spiro atoms. The summed E-state index contributed by atoms with van der Waals surface area (Å²) >= 11 is 3.35. The van der Waals surface area contributed by atoms with Crippen molar-refractivity contribution in [2.45, 2.75) is 6.18 Å². The molecule has 0 aliphatic heterocycles. The third-order valence-electron chi connectivity index (χ3n) is 2.94. The number of nitrogens with zero attached hydrogens (tertiary/aromatic N) is 3. The number of benzene rings is 1. The number of anilines is 2. The molecule has 1 N–H and O–H groups in total. The van der Waals surface area contributed by atoms with Gasteiger partial charge in [0.2, 0.25) is 0 Å². The van der Waals surface area contributed by atoms with E-state index in [1.807, 2.05) is 18.2 Å². The Hall–Kier alpha value is -2.22. The van der Waals surface area contributed by atoms with Crippen molar-refractivity contribution in [3.05, 3.63) is 52.9 Å². The van der Waals surface area contributed by atoms with Crippen LogP contribution in [0.4, 0.5) is 24.8 Å². The van der Waals surface area contributed by atoms with Gasteiger partial charge in [0.15, 0.2) is 0 Å². The van der Waals surface area contributed by atoms with E-state index in [9.17, 15) is 13.2 Å². The van der Waals surface area contributed by atoms with Crippen LogP contribution in [0.15, 0.2) is 47.3 Å². The molecule has 3 aromatic rings. The predicted molar refractivity (Wildman–Crippen MR) is 79.8 cm³/mol. The fourth-order valence-electron chi connectivity index (χ4n) is 1.89. The van der Waals surface area contributed by atoms with Crippen molar-refractivity contribution >= 4 is 38.5 Å². The van der Waals surface area contributed by atoms with Crippen LogP contribution >= 0.6 is 15.9 Å². The van der Waals surface area contributed by atoms with Gasteiger partial charge in [-0.1, -0.05) is 15.9 Å². The van der Waals surface area contributed by atoms with E-state index in [-0.39, 0.29) is 5.82 Å². The highest BCUT2D eigenvalue weighted by atomic mass is 79.9. The van der Waals surface area contributed by atoms with Gasteiger partial charge in [-0.05, 0) is 30.3 Å². The zero-order valence-corrected chi connectivity index (χ0v) is 12.5. The van der Waals surface area contributed by atoms with Gasteiger partial charge in [0, 0.05) is 16.1 Å². The van der Waals surface area contributed by atoms with Crippen LogP contribution in [0.1, 0.15) is 5.56 Å². The summed E-state index contributed by atoms with van der Waals surface area (Å²) in [7, 11) is 0. The van der Waals surface area contributed by atoms with Crippen LogP contribution < -0.4 is 5.32 Å². The SMILES string of the molecule is FC(F)(F)c1ccc(Nc2ncnc3cc(Br)ccc23)nc1. The largest absolute Gasteiger partial charge is 0.417 e. The molecule has 2 aromatic heterocycles. The van der Waals surface area contributed by atoms with Crippen molar-refractivity contribution in [1.29, 1.82) is 0 Å². The number of aromatic nitrogens is 3. The molecule has 3 rings (SSSR count). The minimum Gasteiger partial charge on any atom is -0.324 e. The average molecular weight is 369 g/mol. The number of nitrogens with one attached hydrogen (secondary N) is 1. The monoisotopic (exact) mass is 368 g/mol. The number of hydrogen-bond donors (Lipinski definition) is 1. The van der Waals surface area contributed by atoms with Gasteiger partial charge in [-0.3, -0.25) is 0 Å². The molecule has 0 aliphatic rings. The first-order chi connectivity index (χ1) is 10.4. The van der Waals surface area contributed by atoms with Gasteiger partial charge >= 0.3 is 6.18 Å². The topological polar surface area (TPSA) is 50.7 Å². The molecule has 112 valence electrons. The minimum atomic E-state index is -4.40. The molecular formula is C14H8BrF3N4. The second kappa shape index (κ2) is 5.53. The van der Waals surface area contributed by atoms with Gasteiger partial charge < -0.3 is 5.32 Å². The Balaban J connectivity index is 1.93. The van der Waals surface area contributed by atoms with E-state index in [0.29, 0.717) is 11.3 Å².